The molecule has 0 amide bonds. The van der Waals surface area contributed by atoms with Crippen molar-refractivity contribution in [2.45, 2.75) is 45.6 Å². The van der Waals surface area contributed by atoms with Gasteiger partial charge in [-0.05, 0) is 38.3 Å². The van der Waals surface area contributed by atoms with Crippen LogP contribution in [0.5, 0.6) is 0 Å². The van der Waals surface area contributed by atoms with E-state index in [0.29, 0.717) is 6.04 Å². The Bertz CT molecular complexity index is 437. The lowest BCUT2D eigenvalue weighted by atomic mass is 10.1. The Kier molecular flexibility index (Phi) is 3.31. The van der Waals surface area contributed by atoms with E-state index in [1.165, 1.54) is 25.7 Å². The van der Waals surface area contributed by atoms with Crippen LogP contribution in [0.3, 0.4) is 0 Å². The van der Waals surface area contributed by atoms with Gasteiger partial charge >= 0.3 is 0 Å². The van der Waals surface area contributed by atoms with Crippen LogP contribution in [0.15, 0.2) is 12.1 Å². The second-order valence-electron chi connectivity index (χ2n) is 4.84. The van der Waals surface area contributed by atoms with Crippen LogP contribution in [0.25, 0.3) is 0 Å². The van der Waals surface area contributed by atoms with Gasteiger partial charge in [0.15, 0.2) is 0 Å². The third-order valence-corrected chi connectivity index (χ3v) is 3.45. The van der Waals surface area contributed by atoms with Gasteiger partial charge in [-0.3, -0.25) is 10.1 Å². The summed E-state index contributed by atoms with van der Waals surface area (Å²) in [5.41, 5.74) is 2.93. The molecule has 0 unspecified atom stereocenters. The Hall–Kier alpha value is -1.58. The van der Waals surface area contributed by atoms with Gasteiger partial charge in [0.05, 0.1) is 4.92 Å². The molecule has 0 saturated heterocycles. The molecule has 0 spiro atoms. The van der Waals surface area contributed by atoms with Gasteiger partial charge in [0, 0.05) is 23.4 Å². The molecule has 4 heteroatoms. The average molecular weight is 234 g/mol. The molecule has 1 aliphatic carbocycles. The molecule has 0 aliphatic heterocycles. The fourth-order valence-corrected chi connectivity index (χ4v) is 2.44. The maximum absolute atomic E-state index is 10.8. The van der Waals surface area contributed by atoms with E-state index in [2.05, 4.69) is 5.32 Å². The van der Waals surface area contributed by atoms with Gasteiger partial charge in [-0.15, -0.1) is 0 Å². The van der Waals surface area contributed by atoms with E-state index in [0.717, 1.165) is 16.8 Å². The molecule has 2 rings (SSSR count). The molecule has 1 N–H and O–H groups in total. The quantitative estimate of drug-likeness (QED) is 0.642. The van der Waals surface area contributed by atoms with Crippen molar-refractivity contribution < 1.29 is 4.92 Å². The molecule has 0 atom stereocenters. The molecule has 1 aromatic rings. The predicted octanol–water partition coefficient (Wildman–Crippen LogP) is 3.57. The Balaban J connectivity index is 2.23. The topological polar surface area (TPSA) is 55.2 Å². The second kappa shape index (κ2) is 4.73. The maximum atomic E-state index is 10.8. The van der Waals surface area contributed by atoms with Crippen LogP contribution in [-0.4, -0.2) is 11.0 Å². The maximum Gasteiger partial charge on any atom is 0.272 e. The molecule has 0 aromatic heterocycles. The second-order valence-corrected chi connectivity index (χ2v) is 4.84. The lowest BCUT2D eigenvalue weighted by molar-refractivity contribution is -0.385. The normalized spacial score (nSPS) is 16.1. The molecule has 0 radical (unpaired) electrons. The molecule has 1 fully saturated rings. The summed E-state index contributed by atoms with van der Waals surface area (Å²) in [4.78, 5) is 10.5. The molecule has 17 heavy (non-hydrogen) atoms. The number of benzene rings is 1. The highest BCUT2D eigenvalue weighted by atomic mass is 16.6. The molecule has 1 saturated carbocycles. The Labute approximate surface area is 101 Å². The van der Waals surface area contributed by atoms with Crippen LogP contribution in [0.4, 0.5) is 11.4 Å². The minimum absolute atomic E-state index is 0.208. The monoisotopic (exact) mass is 234 g/mol. The minimum atomic E-state index is -0.318. The van der Waals surface area contributed by atoms with Gasteiger partial charge in [0.1, 0.15) is 0 Å². The van der Waals surface area contributed by atoms with Crippen molar-refractivity contribution in [2.75, 3.05) is 5.32 Å². The first-order valence-corrected chi connectivity index (χ1v) is 6.10. The number of hydrogen-bond donors (Lipinski definition) is 1. The standard InChI is InChI=1S/C13H18N2O2/c1-9-8-13(15(16)17)10(2)7-12(9)14-11-5-3-4-6-11/h7-8,11,14H,3-6H2,1-2H3. The van der Waals surface area contributed by atoms with E-state index in [4.69, 9.17) is 0 Å². The Morgan fingerprint density at radius 2 is 1.88 bits per heavy atom. The number of nitrogens with zero attached hydrogens (tertiary/aromatic N) is 1. The predicted molar refractivity (Wildman–Crippen MR) is 68.4 cm³/mol. The fourth-order valence-electron chi connectivity index (χ4n) is 2.44. The summed E-state index contributed by atoms with van der Waals surface area (Å²) < 4.78 is 0. The van der Waals surface area contributed by atoms with Crippen molar-refractivity contribution in [1.29, 1.82) is 0 Å². The SMILES string of the molecule is Cc1cc([N+](=O)[O-])c(C)cc1NC1CCCC1. The van der Waals surface area contributed by atoms with E-state index < -0.39 is 0 Å². The van der Waals surface area contributed by atoms with Crippen LogP contribution in [0, 0.1) is 24.0 Å². The summed E-state index contributed by atoms with van der Waals surface area (Å²) in [5, 5.41) is 14.3. The highest BCUT2D eigenvalue weighted by Crippen LogP contribution is 2.29. The minimum Gasteiger partial charge on any atom is -0.382 e. The smallest absolute Gasteiger partial charge is 0.272 e. The van der Waals surface area contributed by atoms with Crippen LogP contribution >= 0.6 is 0 Å². The summed E-state index contributed by atoms with van der Waals surface area (Å²) in [6.45, 7) is 3.71. The van der Waals surface area contributed by atoms with E-state index >= 15 is 0 Å². The number of hydrogen-bond acceptors (Lipinski definition) is 3. The van der Waals surface area contributed by atoms with Crippen molar-refractivity contribution in [1.82, 2.24) is 0 Å². The molecule has 4 nitrogen and oxygen atoms in total. The fraction of sp³-hybridized carbons (Fsp3) is 0.538. The third-order valence-electron chi connectivity index (χ3n) is 3.45. The number of anilines is 1. The Morgan fingerprint density at radius 3 is 2.47 bits per heavy atom. The summed E-state index contributed by atoms with van der Waals surface area (Å²) in [6, 6.07) is 4.09. The van der Waals surface area contributed by atoms with Crippen molar-refractivity contribution in [3.63, 3.8) is 0 Å². The zero-order chi connectivity index (χ0) is 12.4. The van der Waals surface area contributed by atoms with Gasteiger partial charge in [-0.1, -0.05) is 12.8 Å². The summed E-state index contributed by atoms with van der Waals surface area (Å²) >= 11 is 0. The van der Waals surface area contributed by atoms with Gasteiger partial charge in [0.25, 0.3) is 5.69 Å². The van der Waals surface area contributed by atoms with Gasteiger partial charge in [0.2, 0.25) is 0 Å². The van der Waals surface area contributed by atoms with Crippen molar-refractivity contribution in [2.24, 2.45) is 0 Å². The molecule has 92 valence electrons. The van der Waals surface area contributed by atoms with Crippen molar-refractivity contribution in [3.8, 4) is 0 Å². The highest BCUT2D eigenvalue weighted by Gasteiger charge is 2.18. The van der Waals surface area contributed by atoms with E-state index in [-0.39, 0.29) is 10.6 Å². The largest absolute Gasteiger partial charge is 0.382 e. The number of aryl methyl sites for hydroxylation is 2. The van der Waals surface area contributed by atoms with Crippen molar-refractivity contribution in [3.05, 3.63) is 33.4 Å². The summed E-state index contributed by atoms with van der Waals surface area (Å²) in [5.74, 6) is 0. The molecular formula is C13H18N2O2. The summed E-state index contributed by atoms with van der Waals surface area (Å²) in [6.07, 6.45) is 4.97. The molecular weight excluding hydrogens is 216 g/mol. The zero-order valence-electron chi connectivity index (χ0n) is 10.3. The summed E-state index contributed by atoms with van der Waals surface area (Å²) in [7, 11) is 0. The molecule has 1 aliphatic rings. The van der Waals surface area contributed by atoms with Gasteiger partial charge in [-0.25, -0.2) is 0 Å². The van der Waals surface area contributed by atoms with Crippen LogP contribution in [0.1, 0.15) is 36.8 Å². The average Bonchev–Trinajstić information content (AvgIpc) is 2.75. The van der Waals surface area contributed by atoms with Crippen LogP contribution < -0.4 is 5.32 Å². The lowest BCUT2D eigenvalue weighted by Crippen LogP contribution is -2.15. The molecule has 0 heterocycles. The van der Waals surface area contributed by atoms with Gasteiger partial charge < -0.3 is 5.32 Å². The van der Waals surface area contributed by atoms with Crippen molar-refractivity contribution >= 4 is 11.4 Å². The van der Waals surface area contributed by atoms with E-state index in [9.17, 15) is 10.1 Å². The number of rotatable bonds is 3. The first-order valence-electron chi connectivity index (χ1n) is 6.10. The van der Waals surface area contributed by atoms with E-state index in [1.54, 1.807) is 13.0 Å². The van der Waals surface area contributed by atoms with E-state index in [1.807, 2.05) is 13.0 Å². The van der Waals surface area contributed by atoms with Gasteiger partial charge in [-0.2, -0.15) is 0 Å². The Morgan fingerprint density at radius 1 is 1.24 bits per heavy atom. The van der Waals surface area contributed by atoms with Crippen LogP contribution in [-0.2, 0) is 0 Å². The molecule has 1 aromatic carbocycles. The first-order chi connectivity index (χ1) is 8.08. The lowest BCUT2D eigenvalue weighted by Gasteiger charge is -2.16. The number of nitrogens with one attached hydrogen (secondary N) is 1. The zero-order valence-corrected chi connectivity index (χ0v) is 10.3. The molecule has 0 bridgehead atoms. The van der Waals surface area contributed by atoms with Crippen LogP contribution in [0.2, 0.25) is 0 Å². The number of nitro groups is 1. The third kappa shape index (κ3) is 2.57. The highest BCUT2D eigenvalue weighted by molar-refractivity contribution is 5.59. The number of nitro benzene ring substituents is 1. The first kappa shape index (κ1) is 11.9.